The fraction of sp³-hybridized carbons (Fsp3) is 0.200. The summed E-state index contributed by atoms with van der Waals surface area (Å²) in [6, 6.07) is 17.5. The van der Waals surface area contributed by atoms with Crippen LogP contribution in [0.4, 0.5) is 5.82 Å². The Hall–Kier alpha value is -2.73. The number of hydrogen-bond donors (Lipinski definition) is 1. The largest absolute Gasteiger partial charge is 0.483 e. The van der Waals surface area contributed by atoms with Gasteiger partial charge in [-0.3, -0.25) is 4.79 Å². The van der Waals surface area contributed by atoms with Crippen LogP contribution in [0, 0.1) is 6.92 Å². The van der Waals surface area contributed by atoms with E-state index in [1.165, 1.54) is 0 Å². The van der Waals surface area contributed by atoms with Crippen LogP contribution in [-0.4, -0.2) is 22.3 Å². The molecule has 1 aliphatic rings. The molecule has 1 N–H and O–H groups in total. The quantitative estimate of drug-likeness (QED) is 0.744. The van der Waals surface area contributed by atoms with Crippen LogP contribution in [0.5, 0.6) is 5.75 Å². The summed E-state index contributed by atoms with van der Waals surface area (Å²) in [7, 11) is 0. The molecule has 0 bridgehead atoms. The number of para-hydroxylation sites is 2. The number of fused-ring (bicyclic) bond motifs is 1. The summed E-state index contributed by atoms with van der Waals surface area (Å²) in [6.45, 7) is 1.93. The average Bonchev–Trinajstić information content (AvgIpc) is 3.24. The molecule has 1 amide bonds. The molecule has 1 aromatic heterocycles. The minimum absolute atomic E-state index is 0.0350. The van der Waals surface area contributed by atoms with Gasteiger partial charge in [-0.25, -0.2) is 4.68 Å². The van der Waals surface area contributed by atoms with Crippen molar-refractivity contribution in [2.75, 3.05) is 11.9 Å². The number of nitrogens with one attached hydrogen (secondary N) is 1. The van der Waals surface area contributed by atoms with E-state index in [9.17, 15) is 4.79 Å². The lowest BCUT2D eigenvalue weighted by Crippen LogP contribution is -2.22. The van der Waals surface area contributed by atoms with E-state index in [2.05, 4.69) is 10.4 Å². The molecule has 6 heteroatoms. The highest BCUT2D eigenvalue weighted by Gasteiger charge is 2.24. The summed E-state index contributed by atoms with van der Waals surface area (Å²) in [5.74, 6) is 3.01. The summed E-state index contributed by atoms with van der Waals surface area (Å²) in [5, 5.41) is 7.69. The molecule has 2 heterocycles. The van der Waals surface area contributed by atoms with Gasteiger partial charge < -0.3 is 10.1 Å². The van der Waals surface area contributed by atoms with Crippen molar-refractivity contribution < 1.29 is 9.53 Å². The lowest BCUT2D eigenvalue weighted by Gasteiger charge is -2.12. The fourth-order valence-electron chi connectivity index (χ4n) is 2.93. The molecule has 4 rings (SSSR count). The van der Waals surface area contributed by atoms with Gasteiger partial charge >= 0.3 is 0 Å². The molecule has 0 saturated carbocycles. The Kier molecular flexibility index (Phi) is 4.67. The molecule has 1 aliphatic heterocycles. The highest BCUT2D eigenvalue weighted by atomic mass is 32.2. The summed E-state index contributed by atoms with van der Waals surface area (Å²) in [6.07, 6.45) is 0. The zero-order valence-electron chi connectivity index (χ0n) is 14.4. The van der Waals surface area contributed by atoms with E-state index >= 15 is 0 Å². The van der Waals surface area contributed by atoms with Crippen LogP contribution < -0.4 is 10.1 Å². The van der Waals surface area contributed by atoms with Gasteiger partial charge in [-0.1, -0.05) is 36.4 Å². The number of nitrogens with zero attached hydrogens (tertiary/aromatic N) is 2. The van der Waals surface area contributed by atoms with Crippen molar-refractivity contribution in [3.8, 4) is 11.4 Å². The second-order valence-electron chi connectivity index (χ2n) is 6.12. The predicted octanol–water partition coefficient (Wildman–Crippen LogP) is 3.95. The molecule has 5 nitrogen and oxygen atoms in total. The van der Waals surface area contributed by atoms with Crippen LogP contribution in [0.25, 0.3) is 5.69 Å². The van der Waals surface area contributed by atoms with E-state index in [1.807, 2.05) is 78.0 Å². The Bertz CT molecular complexity index is 937. The Balaban J connectivity index is 1.54. The topological polar surface area (TPSA) is 56.1 Å². The van der Waals surface area contributed by atoms with Gasteiger partial charge in [0.25, 0.3) is 5.91 Å². The van der Waals surface area contributed by atoms with Crippen molar-refractivity contribution in [3.05, 3.63) is 71.4 Å². The molecule has 132 valence electrons. The number of aryl methyl sites for hydroxylation is 1. The molecule has 0 radical (unpaired) electrons. The Labute approximate surface area is 156 Å². The number of amides is 1. The highest BCUT2D eigenvalue weighted by Crippen LogP contribution is 2.36. The van der Waals surface area contributed by atoms with Crippen LogP contribution in [-0.2, 0) is 16.3 Å². The van der Waals surface area contributed by atoms with Gasteiger partial charge in [-0.15, -0.1) is 0 Å². The van der Waals surface area contributed by atoms with E-state index in [-0.39, 0.29) is 12.5 Å². The Morgan fingerprint density at radius 2 is 1.92 bits per heavy atom. The van der Waals surface area contributed by atoms with Crippen molar-refractivity contribution in [1.29, 1.82) is 0 Å². The van der Waals surface area contributed by atoms with Crippen molar-refractivity contribution in [1.82, 2.24) is 9.78 Å². The number of carbonyl (C=O) groups is 1. The number of thioether (sulfide) groups is 1. The predicted molar refractivity (Wildman–Crippen MR) is 104 cm³/mol. The summed E-state index contributed by atoms with van der Waals surface area (Å²) >= 11 is 1.81. The van der Waals surface area contributed by atoms with Crippen molar-refractivity contribution >= 4 is 23.5 Å². The molecule has 3 aromatic rings. The molecule has 0 spiro atoms. The molecule has 0 unspecified atom stereocenters. The molecule has 26 heavy (non-hydrogen) atoms. The first-order valence-corrected chi connectivity index (χ1v) is 9.60. The smallest absolute Gasteiger partial charge is 0.263 e. The SMILES string of the molecule is Cc1ccccc1OCC(=O)Nc1c2c(nn1-c1ccccc1)CSC2. The Morgan fingerprint density at radius 3 is 2.73 bits per heavy atom. The maximum Gasteiger partial charge on any atom is 0.263 e. The van der Waals surface area contributed by atoms with E-state index in [0.29, 0.717) is 0 Å². The summed E-state index contributed by atoms with van der Waals surface area (Å²) in [4.78, 5) is 12.5. The second kappa shape index (κ2) is 7.25. The zero-order valence-corrected chi connectivity index (χ0v) is 15.3. The number of benzene rings is 2. The lowest BCUT2D eigenvalue weighted by molar-refractivity contribution is -0.118. The lowest BCUT2D eigenvalue weighted by atomic mass is 10.2. The molecule has 0 aliphatic carbocycles. The second-order valence-corrected chi connectivity index (χ2v) is 7.10. The van der Waals surface area contributed by atoms with Crippen molar-refractivity contribution in [2.45, 2.75) is 18.4 Å². The van der Waals surface area contributed by atoms with Gasteiger partial charge in [-0.2, -0.15) is 16.9 Å². The molecule has 2 aromatic carbocycles. The maximum absolute atomic E-state index is 12.5. The highest BCUT2D eigenvalue weighted by molar-refractivity contribution is 7.98. The minimum Gasteiger partial charge on any atom is -0.483 e. The van der Waals surface area contributed by atoms with Crippen LogP contribution in [0.1, 0.15) is 16.8 Å². The van der Waals surface area contributed by atoms with Gasteiger partial charge in [0.05, 0.1) is 11.4 Å². The van der Waals surface area contributed by atoms with Gasteiger partial charge in [0.2, 0.25) is 0 Å². The van der Waals surface area contributed by atoms with Crippen LogP contribution in [0.2, 0.25) is 0 Å². The number of rotatable bonds is 5. The van der Waals surface area contributed by atoms with E-state index in [1.54, 1.807) is 0 Å². The van der Waals surface area contributed by atoms with Crippen LogP contribution in [0.15, 0.2) is 54.6 Å². The van der Waals surface area contributed by atoms with Gasteiger partial charge in [0.15, 0.2) is 6.61 Å². The standard InChI is InChI=1S/C20H19N3O2S/c1-14-7-5-6-10-18(14)25-11-19(24)21-20-16-12-26-13-17(16)22-23(20)15-8-3-2-4-9-15/h2-10H,11-13H2,1H3,(H,21,24). The third-order valence-corrected chi connectivity index (χ3v) is 5.23. The van der Waals surface area contributed by atoms with E-state index in [4.69, 9.17) is 4.74 Å². The number of hydrogen-bond acceptors (Lipinski definition) is 4. The summed E-state index contributed by atoms with van der Waals surface area (Å²) in [5.41, 5.74) is 4.08. The van der Waals surface area contributed by atoms with Gasteiger partial charge in [0.1, 0.15) is 11.6 Å². The summed E-state index contributed by atoms with van der Waals surface area (Å²) < 4.78 is 7.48. The first-order chi connectivity index (χ1) is 12.7. The zero-order chi connectivity index (χ0) is 17.9. The third kappa shape index (κ3) is 3.32. The number of anilines is 1. The molecular weight excluding hydrogens is 346 g/mol. The molecule has 0 saturated heterocycles. The fourth-order valence-corrected chi connectivity index (χ4v) is 3.96. The molecular formula is C20H19N3O2S. The maximum atomic E-state index is 12.5. The van der Waals surface area contributed by atoms with E-state index < -0.39 is 0 Å². The molecule has 0 atom stereocenters. The molecule has 0 fully saturated rings. The van der Waals surface area contributed by atoms with Crippen molar-refractivity contribution in [2.24, 2.45) is 0 Å². The third-order valence-electron chi connectivity index (χ3n) is 4.26. The first kappa shape index (κ1) is 16.7. The minimum atomic E-state index is -0.190. The van der Waals surface area contributed by atoms with Crippen LogP contribution >= 0.6 is 11.8 Å². The average molecular weight is 365 g/mol. The number of ether oxygens (including phenoxy) is 1. The first-order valence-electron chi connectivity index (χ1n) is 8.44. The van der Waals surface area contributed by atoms with E-state index in [0.717, 1.165) is 45.6 Å². The number of carbonyl (C=O) groups excluding carboxylic acids is 1. The monoisotopic (exact) mass is 365 g/mol. The van der Waals surface area contributed by atoms with Crippen LogP contribution in [0.3, 0.4) is 0 Å². The van der Waals surface area contributed by atoms with Gasteiger partial charge in [-0.05, 0) is 30.7 Å². The Morgan fingerprint density at radius 1 is 1.15 bits per heavy atom. The number of aromatic nitrogens is 2. The normalized spacial score (nSPS) is 12.7. The van der Waals surface area contributed by atoms with Crippen molar-refractivity contribution in [3.63, 3.8) is 0 Å². The van der Waals surface area contributed by atoms with Gasteiger partial charge in [0, 0.05) is 17.1 Å².